The fourth-order valence-corrected chi connectivity index (χ4v) is 10.4. The van der Waals surface area contributed by atoms with Crippen molar-refractivity contribution in [2.24, 2.45) is 20.5 Å². The zero-order chi connectivity index (χ0) is 49.3. The van der Waals surface area contributed by atoms with Gasteiger partial charge in [0.25, 0.3) is 0 Å². The molecule has 6 N–H and O–H groups in total. The summed E-state index contributed by atoms with van der Waals surface area (Å²) in [5.41, 5.74) is 6.67. The molecule has 6 aromatic carbocycles. The first-order valence-electron chi connectivity index (χ1n) is 16.9. The van der Waals surface area contributed by atoms with Crippen LogP contribution in [0.1, 0.15) is 11.1 Å². The summed E-state index contributed by atoms with van der Waals surface area (Å²) in [5.74, 6) is -2.17. The van der Waals surface area contributed by atoms with Crippen LogP contribution in [0.25, 0.3) is 33.7 Å². The number of hydrogen-bond donors (Lipinski definition) is 4. The molecular formula is C34H20N6Na6O20S6. The number of nitrogen functional groups attached to an aromatic ring is 2. The van der Waals surface area contributed by atoms with Crippen LogP contribution >= 0.6 is 0 Å². The van der Waals surface area contributed by atoms with Crippen molar-refractivity contribution < 1.29 is 265 Å². The van der Waals surface area contributed by atoms with Crippen LogP contribution in [-0.4, -0.2) is 88.0 Å². The van der Waals surface area contributed by atoms with Crippen molar-refractivity contribution in [2.75, 3.05) is 11.5 Å². The molecule has 72 heavy (non-hydrogen) atoms. The number of phenolic OH excluding ortho intramolecular Hbond substituents is 2. The average Bonchev–Trinajstić information content (AvgIpc) is 3.17. The summed E-state index contributed by atoms with van der Waals surface area (Å²) in [7, 11) is -32.8. The normalized spacial score (nSPS) is 12.4. The zero-order valence-electron chi connectivity index (χ0n) is 37.7. The van der Waals surface area contributed by atoms with E-state index in [4.69, 9.17) is 11.5 Å². The van der Waals surface area contributed by atoms with Gasteiger partial charge in [0.15, 0.2) is 11.5 Å². The van der Waals surface area contributed by atoms with Crippen molar-refractivity contribution in [1.29, 1.82) is 0 Å². The van der Waals surface area contributed by atoms with E-state index in [1.165, 1.54) is 0 Å². The molecule has 6 aromatic rings. The van der Waals surface area contributed by atoms with E-state index >= 15 is 0 Å². The van der Waals surface area contributed by atoms with Gasteiger partial charge in [0.05, 0.1) is 62.9 Å². The van der Waals surface area contributed by atoms with Crippen LogP contribution in [0.15, 0.2) is 123 Å². The smallest absolute Gasteiger partial charge is 0.744 e. The number of rotatable bonds is 12. The second-order valence-corrected chi connectivity index (χ2v) is 21.3. The van der Waals surface area contributed by atoms with Crippen molar-refractivity contribution in [1.82, 2.24) is 0 Å². The molecule has 0 spiro atoms. The molecule has 0 radical (unpaired) electrons. The number of hydrogen-bond acceptors (Lipinski definition) is 26. The molecule has 0 aromatic heterocycles. The predicted octanol–water partition coefficient (Wildman–Crippen LogP) is -15.0. The second kappa shape index (κ2) is 26.4. The number of anilines is 2. The largest absolute Gasteiger partial charge is 1.00 e. The topological polar surface area (TPSA) is 485 Å². The van der Waals surface area contributed by atoms with Crippen molar-refractivity contribution in [2.45, 2.75) is 29.4 Å². The Kier molecular flexibility index (Phi) is 26.2. The molecule has 38 heteroatoms. The third-order valence-corrected chi connectivity index (χ3v) is 14.3. The van der Waals surface area contributed by atoms with Crippen LogP contribution in [0, 0.1) is 0 Å². The maximum absolute atomic E-state index is 12.3. The van der Waals surface area contributed by atoms with E-state index in [1.807, 2.05) is 0 Å². The summed E-state index contributed by atoms with van der Waals surface area (Å²) in [6.07, 6.45) is 1.78. The molecule has 26 nitrogen and oxygen atoms in total. The van der Waals surface area contributed by atoms with Crippen molar-refractivity contribution >= 4 is 129 Å². The van der Waals surface area contributed by atoms with Crippen molar-refractivity contribution in [3.05, 3.63) is 83.9 Å². The number of benzene rings is 6. The molecule has 6 rings (SSSR count). The minimum absolute atomic E-state index is 0. The predicted molar refractivity (Wildman–Crippen MR) is 218 cm³/mol. The Morgan fingerprint density at radius 2 is 0.653 bits per heavy atom. The summed E-state index contributed by atoms with van der Waals surface area (Å²) >= 11 is 0. The van der Waals surface area contributed by atoms with Crippen LogP contribution in [0.5, 0.6) is 11.5 Å². The first-order valence-corrected chi connectivity index (χ1v) is 25.4. The Morgan fingerprint density at radius 3 is 0.917 bits per heavy atom. The summed E-state index contributed by atoms with van der Waals surface area (Å²) in [4.78, 5) is -7.21. The third-order valence-electron chi connectivity index (χ3n) is 9.04. The maximum Gasteiger partial charge on any atom is 1.00 e. The van der Waals surface area contributed by atoms with E-state index < -0.39 is 168 Å². The summed E-state index contributed by atoms with van der Waals surface area (Å²) in [6, 6.07) is 9.25. The van der Waals surface area contributed by atoms with Crippen LogP contribution in [0.4, 0.5) is 34.1 Å². The molecule has 0 aliphatic carbocycles. The van der Waals surface area contributed by atoms with E-state index in [9.17, 15) is 88.0 Å². The van der Waals surface area contributed by atoms with E-state index in [-0.39, 0.29) is 189 Å². The van der Waals surface area contributed by atoms with Gasteiger partial charge >= 0.3 is 177 Å². The molecule has 0 amide bonds. The second-order valence-electron chi connectivity index (χ2n) is 13.2. The Labute approximate surface area is 541 Å². The van der Waals surface area contributed by atoms with Crippen LogP contribution in [-0.2, 0) is 60.7 Å². The summed E-state index contributed by atoms with van der Waals surface area (Å²) in [6.45, 7) is 0. The molecule has 0 heterocycles. The number of nitrogens with zero attached hydrogens (tertiary/aromatic N) is 4. The Bertz CT molecular complexity index is 3690. The Balaban J connectivity index is 0.00000840. The van der Waals surface area contributed by atoms with Crippen molar-refractivity contribution in [3.63, 3.8) is 0 Å². The summed E-state index contributed by atoms with van der Waals surface area (Å²) in [5, 5.41) is 33.6. The van der Waals surface area contributed by atoms with E-state index in [0.29, 0.717) is 12.1 Å². The molecule has 0 unspecified atom stereocenters. The van der Waals surface area contributed by atoms with Crippen LogP contribution in [0.3, 0.4) is 0 Å². The molecule has 348 valence electrons. The van der Waals surface area contributed by atoms with Gasteiger partial charge in [-0.3, -0.25) is 0 Å². The standard InChI is InChI=1S/C34H26N6O20S6.6Na/c35-31-27(65(55,56)57)13-25(63(49,50)51)19-7-9-21(33(41)29(19)31)39-37-17-5-3-15(23(11-17)61(43,44)45)1-2-16-4-6-18(12-24(16)62(46,47)48)38-40-22-10-8-20-26(64(52,53)54)14-28(66(58,59)60)32(36)30(20)34(22)42;;;;;;/h1-14,41-42H,35-36H2,(H,43,44,45)(H,46,47,48)(H,49,50,51)(H,52,53,54)(H,55,56,57)(H,58,59,60);;;;;;/q;6*+1/p-6. The Hall–Kier alpha value is -0.560. The fraction of sp³-hybridized carbons (Fsp3) is 0. The third kappa shape index (κ3) is 16.0. The Morgan fingerprint density at radius 1 is 0.375 bits per heavy atom. The van der Waals surface area contributed by atoms with Crippen LogP contribution in [0.2, 0.25) is 0 Å². The van der Waals surface area contributed by atoms with Gasteiger partial charge in [-0.25, -0.2) is 50.5 Å². The summed E-state index contributed by atoms with van der Waals surface area (Å²) < 4.78 is 216. The van der Waals surface area contributed by atoms with Gasteiger partial charge in [-0.1, -0.05) is 36.4 Å². The number of azo groups is 2. The quantitative estimate of drug-likeness (QED) is 0.0291. The fourth-order valence-electron chi connectivity index (χ4n) is 6.18. The minimum Gasteiger partial charge on any atom is -0.744 e. The van der Waals surface area contributed by atoms with Gasteiger partial charge in [0.1, 0.15) is 72.1 Å². The molecule has 0 fully saturated rings. The first kappa shape index (κ1) is 71.4. The van der Waals surface area contributed by atoms with Gasteiger partial charge in [-0.05, 0) is 59.7 Å². The zero-order valence-corrected chi connectivity index (χ0v) is 54.6. The van der Waals surface area contributed by atoms with Gasteiger partial charge in [0.2, 0.25) is 0 Å². The van der Waals surface area contributed by atoms with Gasteiger partial charge in [0, 0.05) is 10.8 Å². The molecule has 0 aliphatic heterocycles. The maximum atomic E-state index is 12.3. The van der Waals surface area contributed by atoms with E-state index in [0.717, 1.165) is 60.7 Å². The molecule has 0 aliphatic rings. The van der Waals surface area contributed by atoms with E-state index in [2.05, 4.69) is 20.5 Å². The van der Waals surface area contributed by atoms with Gasteiger partial charge in [-0.2, -0.15) is 10.2 Å². The average molecular weight is 1160 g/mol. The van der Waals surface area contributed by atoms with Crippen LogP contribution < -0.4 is 189 Å². The monoisotopic (exact) mass is 1160 g/mol. The minimum atomic E-state index is -5.52. The molecule has 0 saturated heterocycles. The number of aromatic hydroxyl groups is 2. The molecular weight excluding hydrogens is 1140 g/mol. The molecule has 0 saturated carbocycles. The molecule has 0 bridgehead atoms. The number of nitrogens with two attached hydrogens (primary N) is 2. The van der Waals surface area contributed by atoms with Gasteiger partial charge in [-0.15, -0.1) is 10.2 Å². The number of fused-ring (bicyclic) bond motifs is 2. The van der Waals surface area contributed by atoms with Gasteiger partial charge < -0.3 is 49.0 Å². The first-order chi connectivity index (χ1) is 30.2. The van der Waals surface area contributed by atoms with Crippen molar-refractivity contribution in [3.8, 4) is 11.5 Å². The molecule has 0 atom stereocenters. The van der Waals surface area contributed by atoms with E-state index in [1.54, 1.807) is 0 Å². The number of phenols is 2. The SMILES string of the molecule is Nc1c(S(=O)(=O)[O-])cc(S(=O)(=O)[O-])c2ccc(N=Nc3ccc(C=Cc4ccc(N=Nc5ccc6c(S(=O)(=O)[O-])cc(S(=O)(=O)[O-])c(N)c6c5O)cc4S(=O)(=O)[O-])c(S(=O)(=O)[O-])c3)c(O)c12.[Na+].[Na+].[Na+].[Na+].[Na+].[Na+].